The van der Waals surface area contributed by atoms with Crippen molar-refractivity contribution in [3.63, 3.8) is 0 Å². The van der Waals surface area contributed by atoms with Crippen LogP contribution in [0.1, 0.15) is 13.8 Å². The van der Waals surface area contributed by atoms with Crippen LogP contribution in [0.3, 0.4) is 0 Å². The highest BCUT2D eigenvalue weighted by Gasteiger charge is 2.28. The molecule has 1 atom stereocenters. The molecule has 0 bridgehead atoms. The van der Waals surface area contributed by atoms with Crippen molar-refractivity contribution in [3.05, 3.63) is 24.3 Å². The first-order valence-corrected chi connectivity index (χ1v) is 8.06. The zero-order chi connectivity index (χ0) is 17.5. The molecule has 0 saturated carbocycles. The van der Waals surface area contributed by atoms with Crippen molar-refractivity contribution in [1.29, 1.82) is 0 Å². The number of hydrogen-bond acceptors (Lipinski definition) is 5. The summed E-state index contributed by atoms with van der Waals surface area (Å²) in [5.74, 6) is 1.16. The molecule has 0 radical (unpaired) electrons. The second kappa shape index (κ2) is 8.42. The molecule has 2 rings (SSSR count). The summed E-state index contributed by atoms with van der Waals surface area (Å²) in [5, 5.41) is 0. The third kappa shape index (κ3) is 4.53. The second-order valence-corrected chi connectivity index (χ2v) is 5.45. The van der Waals surface area contributed by atoms with Gasteiger partial charge in [-0.3, -0.25) is 4.79 Å². The zero-order valence-electron chi connectivity index (χ0n) is 14.4. The Morgan fingerprint density at radius 2 is 1.75 bits per heavy atom. The van der Waals surface area contributed by atoms with Gasteiger partial charge in [-0.05, 0) is 26.0 Å². The number of carbonyl (C=O) groups excluding carboxylic acids is 2. The van der Waals surface area contributed by atoms with E-state index in [2.05, 4.69) is 0 Å². The van der Waals surface area contributed by atoms with Gasteiger partial charge in [0.05, 0.1) is 13.7 Å². The molecule has 7 heteroatoms. The molecule has 24 heavy (non-hydrogen) atoms. The van der Waals surface area contributed by atoms with E-state index in [1.807, 2.05) is 12.1 Å². The minimum Gasteiger partial charge on any atom is -0.497 e. The number of rotatable bonds is 5. The van der Waals surface area contributed by atoms with E-state index in [4.69, 9.17) is 14.2 Å². The molecular formula is C17H24N2O5. The van der Waals surface area contributed by atoms with Crippen LogP contribution < -0.4 is 9.47 Å². The average molecular weight is 336 g/mol. The summed E-state index contributed by atoms with van der Waals surface area (Å²) in [6.45, 7) is 5.73. The van der Waals surface area contributed by atoms with Gasteiger partial charge in [0.1, 0.15) is 11.5 Å². The Kier molecular flexibility index (Phi) is 6.28. The maximum atomic E-state index is 12.5. The fraction of sp³-hybridized carbons (Fsp3) is 0.529. The summed E-state index contributed by atoms with van der Waals surface area (Å²) in [4.78, 5) is 27.5. The molecule has 0 spiro atoms. The minimum absolute atomic E-state index is 0.0960. The number of amides is 2. The fourth-order valence-corrected chi connectivity index (χ4v) is 2.51. The standard InChI is InChI=1S/C17H24N2O5/c1-4-23-17(21)19-10-8-18(9-11-19)16(20)13(2)24-15-7-5-6-14(12-15)22-3/h5-7,12-13H,4,8-11H2,1-3H3/t13-/m0/s1. The van der Waals surface area contributed by atoms with Crippen molar-refractivity contribution in [1.82, 2.24) is 9.80 Å². The van der Waals surface area contributed by atoms with Crippen LogP contribution in [0.25, 0.3) is 0 Å². The van der Waals surface area contributed by atoms with E-state index in [1.165, 1.54) is 0 Å². The highest BCUT2D eigenvalue weighted by Crippen LogP contribution is 2.20. The van der Waals surface area contributed by atoms with Crippen molar-refractivity contribution in [2.75, 3.05) is 39.9 Å². The zero-order valence-corrected chi connectivity index (χ0v) is 14.4. The molecule has 0 aliphatic carbocycles. The first kappa shape index (κ1) is 17.9. The van der Waals surface area contributed by atoms with Crippen LogP contribution in [0.2, 0.25) is 0 Å². The van der Waals surface area contributed by atoms with E-state index in [0.717, 1.165) is 0 Å². The molecule has 7 nitrogen and oxygen atoms in total. The molecule has 1 aliphatic rings. The van der Waals surface area contributed by atoms with Crippen molar-refractivity contribution in [2.24, 2.45) is 0 Å². The van der Waals surface area contributed by atoms with Gasteiger partial charge in [-0.25, -0.2) is 4.79 Å². The van der Waals surface area contributed by atoms with Gasteiger partial charge in [-0.1, -0.05) is 6.07 Å². The lowest BCUT2D eigenvalue weighted by molar-refractivity contribution is -0.139. The molecule has 0 N–H and O–H groups in total. The third-order valence-corrected chi connectivity index (χ3v) is 3.82. The van der Waals surface area contributed by atoms with Gasteiger partial charge in [0.25, 0.3) is 5.91 Å². The van der Waals surface area contributed by atoms with Gasteiger partial charge >= 0.3 is 6.09 Å². The summed E-state index contributed by atoms with van der Waals surface area (Å²) in [5.41, 5.74) is 0. The number of benzene rings is 1. The van der Waals surface area contributed by atoms with Crippen LogP contribution in [0.5, 0.6) is 11.5 Å². The van der Waals surface area contributed by atoms with Crippen LogP contribution in [0.15, 0.2) is 24.3 Å². The van der Waals surface area contributed by atoms with Crippen molar-refractivity contribution in [2.45, 2.75) is 20.0 Å². The number of piperazine rings is 1. The topological polar surface area (TPSA) is 68.3 Å². The van der Waals surface area contributed by atoms with Crippen LogP contribution in [-0.4, -0.2) is 67.8 Å². The Bertz CT molecular complexity index is 570. The van der Waals surface area contributed by atoms with Crippen LogP contribution in [-0.2, 0) is 9.53 Å². The lowest BCUT2D eigenvalue weighted by Crippen LogP contribution is -2.53. The Morgan fingerprint density at radius 3 is 2.38 bits per heavy atom. The molecule has 1 fully saturated rings. The quantitative estimate of drug-likeness (QED) is 0.820. The van der Waals surface area contributed by atoms with Crippen molar-refractivity contribution < 1.29 is 23.8 Å². The molecule has 1 aliphatic heterocycles. The number of hydrogen-bond donors (Lipinski definition) is 0. The first-order chi connectivity index (χ1) is 11.5. The molecule has 2 amide bonds. The molecule has 0 unspecified atom stereocenters. The van der Waals surface area contributed by atoms with E-state index in [-0.39, 0.29) is 12.0 Å². The third-order valence-electron chi connectivity index (χ3n) is 3.82. The molecule has 1 saturated heterocycles. The number of methoxy groups -OCH3 is 1. The number of ether oxygens (including phenoxy) is 3. The summed E-state index contributed by atoms with van der Waals surface area (Å²) >= 11 is 0. The number of carbonyl (C=O) groups is 2. The van der Waals surface area contributed by atoms with Gasteiger partial charge in [0.2, 0.25) is 0 Å². The largest absolute Gasteiger partial charge is 0.497 e. The predicted octanol–water partition coefficient (Wildman–Crippen LogP) is 1.76. The van der Waals surface area contributed by atoms with Gasteiger partial charge in [0, 0.05) is 32.2 Å². The highest BCUT2D eigenvalue weighted by atomic mass is 16.6. The molecule has 0 aromatic heterocycles. The van der Waals surface area contributed by atoms with E-state index in [9.17, 15) is 9.59 Å². The Balaban J connectivity index is 1.86. The fourth-order valence-electron chi connectivity index (χ4n) is 2.51. The maximum Gasteiger partial charge on any atom is 0.409 e. The van der Waals surface area contributed by atoms with Crippen molar-refractivity contribution in [3.8, 4) is 11.5 Å². The van der Waals surface area contributed by atoms with Crippen molar-refractivity contribution >= 4 is 12.0 Å². The molecule has 132 valence electrons. The first-order valence-electron chi connectivity index (χ1n) is 8.06. The SMILES string of the molecule is CCOC(=O)N1CCN(C(=O)[C@H](C)Oc2cccc(OC)c2)CC1. The van der Waals surface area contributed by atoms with Gasteiger partial charge < -0.3 is 24.0 Å². The molecule has 1 heterocycles. The monoisotopic (exact) mass is 336 g/mol. The normalized spacial score (nSPS) is 15.6. The summed E-state index contributed by atoms with van der Waals surface area (Å²) < 4.78 is 15.8. The Labute approximate surface area is 142 Å². The Morgan fingerprint density at radius 1 is 1.12 bits per heavy atom. The van der Waals surface area contributed by atoms with Crippen LogP contribution in [0, 0.1) is 0 Å². The second-order valence-electron chi connectivity index (χ2n) is 5.45. The molecular weight excluding hydrogens is 312 g/mol. The highest BCUT2D eigenvalue weighted by molar-refractivity contribution is 5.81. The predicted molar refractivity (Wildman–Crippen MR) is 88.3 cm³/mol. The Hall–Kier alpha value is -2.44. The van der Waals surface area contributed by atoms with Crippen LogP contribution >= 0.6 is 0 Å². The molecule has 1 aromatic carbocycles. The van der Waals surface area contributed by atoms with Gasteiger partial charge in [-0.2, -0.15) is 0 Å². The smallest absolute Gasteiger partial charge is 0.409 e. The number of nitrogens with zero attached hydrogens (tertiary/aromatic N) is 2. The van der Waals surface area contributed by atoms with Gasteiger partial charge in [-0.15, -0.1) is 0 Å². The van der Waals surface area contributed by atoms with E-state index >= 15 is 0 Å². The van der Waals surface area contributed by atoms with E-state index in [0.29, 0.717) is 44.3 Å². The van der Waals surface area contributed by atoms with E-state index < -0.39 is 6.10 Å². The molecule has 1 aromatic rings. The van der Waals surface area contributed by atoms with E-state index in [1.54, 1.807) is 42.9 Å². The van der Waals surface area contributed by atoms with Crippen LogP contribution in [0.4, 0.5) is 4.79 Å². The average Bonchev–Trinajstić information content (AvgIpc) is 2.61. The summed E-state index contributed by atoms with van der Waals surface area (Å²) in [6, 6.07) is 7.14. The lowest BCUT2D eigenvalue weighted by atomic mass is 10.2. The lowest BCUT2D eigenvalue weighted by Gasteiger charge is -2.35. The van der Waals surface area contributed by atoms with Gasteiger partial charge in [0.15, 0.2) is 6.10 Å². The minimum atomic E-state index is -0.605. The summed E-state index contributed by atoms with van der Waals surface area (Å²) in [6.07, 6.45) is -0.934. The summed E-state index contributed by atoms with van der Waals surface area (Å²) in [7, 11) is 1.58. The maximum absolute atomic E-state index is 12.5.